The van der Waals surface area contributed by atoms with Crippen molar-refractivity contribution >= 4 is 23.2 Å². The molecule has 1 aliphatic rings. The van der Waals surface area contributed by atoms with E-state index in [0.29, 0.717) is 18.2 Å². The van der Waals surface area contributed by atoms with Crippen LogP contribution in [0, 0.1) is 5.92 Å². The molecule has 0 aliphatic carbocycles. The zero-order valence-electron chi connectivity index (χ0n) is 10.1. The van der Waals surface area contributed by atoms with Crippen molar-refractivity contribution in [2.45, 2.75) is 18.9 Å². The Hall–Kier alpha value is -1.26. The lowest BCUT2D eigenvalue weighted by Gasteiger charge is -2.29. The number of primary amides is 1. The third-order valence-electron chi connectivity index (χ3n) is 3.23. The van der Waals surface area contributed by atoms with Crippen LogP contribution in [-0.4, -0.2) is 25.2 Å². The van der Waals surface area contributed by atoms with Crippen molar-refractivity contribution in [3.63, 3.8) is 0 Å². The summed E-state index contributed by atoms with van der Waals surface area (Å²) in [5.74, 6) is -0.144. The highest BCUT2D eigenvalue weighted by molar-refractivity contribution is 6.33. The summed E-state index contributed by atoms with van der Waals surface area (Å²) in [6.45, 7) is 1.36. The molecule has 1 atom stereocenters. The lowest BCUT2D eigenvalue weighted by molar-refractivity contribution is -0.120. The Morgan fingerprint density at radius 2 is 2.06 bits per heavy atom. The van der Waals surface area contributed by atoms with E-state index in [1.807, 2.05) is 18.2 Å². The maximum Gasteiger partial charge on any atom is 0.240 e. The standard InChI is InChI=1S/C13H17ClN2O2/c14-10-3-1-2-4-11(10)16-12(13(15)17)9-5-7-18-8-6-9/h1-4,9,12,16H,5-8H2,(H2,15,17). The van der Waals surface area contributed by atoms with E-state index < -0.39 is 6.04 Å². The molecule has 0 spiro atoms. The molecule has 1 aromatic carbocycles. The van der Waals surface area contributed by atoms with Gasteiger partial charge in [-0.1, -0.05) is 23.7 Å². The number of benzene rings is 1. The molecule has 2 rings (SSSR count). The van der Waals surface area contributed by atoms with Gasteiger partial charge in [-0.25, -0.2) is 0 Å². The number of hydrogen-bond acceptors (Lipinski definition) is 3. The van der Waals surface area contributed by atoms with Crippen LogP contribution in [0.1, 0.15) is 12.8 Å². The second kappa shape index (κ2) is 6.07. The van der Waals surface area contributed by atoms with Crippen LogP contribution in [0.25, 0.3) is 0 Å². The van der Waals surface area contributed by atoms with Crippen molar-refractivity contribution in [1.82, 2.24) is 0 Å². The predicted molar refractivity (Wildman–Crippen MR) is 71.6 cm³/mol. The monoisotopic (exact) mass is 268 g/mol. The zero-order valence-corrected chi connectivity index (χ0v) is 10.8. The molecule has 1 fully saturated rings. The fraction of sp³-hybridized carbons (Fsp3) is 0.462. The molecule has 0 radical (unpaired) electrons. The molecule has 1 aliphatic heterocycles. The van der Waals surface area contributed by atoms with Gasteiger partial charge in [-0.15, -0.1) is 0 Å². The summed E-state index contributed by atoms with van der Waals surface area (Å²) in [6, 6.07) is 6.95. The molecule has 0 saturated carbocycles. The number of anilines is 1. The number of para-hydroxylation sites is 1. The molecule has 1 aromatic rings. The second-order valence-electron chi connectivity index (χ2n) is 4.45. The molecule has 1 heterocycles. The molecular formula is C13H17ClN2O2. The van der Waals surface area contributed by atoms with E-state index in [4.69, 9.17) is 22.1 Å². The van der Waals surface area contributed by atoms with Gasteiger partial charge in [0.05, 0.1) is 10.7 Å². The van der Waals surface area contributed by atoms with Crippen LogP contribution < -0.4 is 11.1 Å². The van der Waals surface area contributed by atoms with E-state index in [1.165, 1.54) is 0 Å². The van der Waals surface area contributed by atoms with Crippen molar-refractivity contribution in [1.29, 1.82) is 0 Å². The summed E-state index contributed by atoms with van der Waals surface area (Å²) < 4.78 is 5.30. The first kappa shape index (κ1) is 13.2. The number of hydrogen-bond donors (Lipinski definition) is 2. The molecule has 1 unspecified atom stereocenters. The van der Waals surface area contributed by atoms with Crippen molar-refractivity contribution in [3.8, 4) is 0 Å². The molecule has 0 bridgehead atoms. The summed E-state index contributed by atoms with van der Waals surface area (Å²) in [5.41, 5.74) is 6.22. The molecular weight excluding hydrogens is 252 g/mol. The molecule has 4 nitrogen and oxygen atoms in total. The second-order valence-corrected chi connectivity index (χ2v) is 4.86. The van der Waals surface area contributed by atoms with Crippen LogP contribution in [0.5, 0.6) is 0 Å². The Bertz CT molecular complexity index is 419. The van der Waals surface area contributed by atoms with E-state index in [-0.39, 0.29) is 11.8 Å². The number of amides is 1. The first-order chi connectivity index (χ1) is 8.68. The highest BCUT2D eigenvalue weighted by atomic mass is 35.5. The van der Waals surface area contributed by atoms with E-state index >= 15 is 0 Å². The molecule has 1 saturated heterocycles. The number of ether oxygens (including phenoxy) is 1. The van der Waals surface area contributed by atoms with Crippen molar-refractivity contribution in [2.75, 3.05) is 18.5 Å². The largest absolute Gasteiger partial charge is 0.381 e. The fourth-order valence-corrected chi connectivity index (χ4v) is 2.41. The fourth-order valence-electron chi connectivity index (χ4n) is 2.22. The van der Waals surface area contributed by atoms with Gasteiger partial charge in [-0.05, 0) is 30.9 Å². The van der Waals surface area contributed by atoms with Crippen molar-refractivity contribution < 1.29 is 9.53 Å². The molecule has 0 aromatic heterocycles. The molecule has 3 N–H and O–H groups in total. The van der Waals surface area contributed by atoms with Crippen molar-refractivity contribution in [2.24, 2.45) is 11.7 Å². The van der Waals surface area contributed by atoms with Gasteiger partial charge in [0.15, 0.2) is 0 Å². The highest BCUT2D eigenvalue weighted by Gasteiger charge is 2.28. The van der Waals surface area contributed by atoms with Gasteiger partial charge in [0.1, 0.15) is 6.04 Å². The van der Waals surface area contributed by atoms with Crippen LogP contribution in [0.15, 0.2) is 24.3 Å². The Labute approximate surface area is 111 Å². The average Bonchev–Trinajstić information content (AvgIpc) is 2.38. The molecule has 1 amide bonds. The van der Waals surface area contributed by atoms with Crippen LogP contribution in [0.3, 0.4) is 0 Å². The summed E-state index contributed by atoms with van der Waals surface area (Å²) in [7, 11) is 0. The number of carbonyl (C=O) groups excluding carboxylic acids is 1. The maximum absolute atomic E-state index is 11.6. The Balaban J connectivity index is 2.11. The normalized spacial score (nSPS) is 18.3. The zero-order chi connectivity index (χ0) is 13.0. The Morgan fingerprint density at radius 1 is 1.39 bits per heavy atom. The SMILES string of the molecule is NC(=O)C(Nc1ccccc1Cl)C1CCOCC1. The third-order valence-corrected chi connectivity index (χ3v) is 3.56. The number of halogens is 1. The van der Waals surface area contributed by atoms with Crippen LogP contribution in [-0.2, 0) is 9.53 Å². The van der Waals surface area contributed by atoms with E-state index in [9.17, 15) is 4.79 Å². The van der Waals surface area contributed by atoms with Crippen LogP contribution in [0.2, 0.25) is 5.02 Å². The first-order valence-electron chi connectivity index (χ1n) is 6.06. The Kier molecular flexibility index (Phi) is 4.44. The van der Waals surface area contributed by atoms with E-state index in [2.05, 4.69) is 5.32 Å². The topological polar surface area (TPSA) is 64.4 Å². The number of nitrogens with two attached hydrogens (primary N) is 1. The van der Waals surface area contributed by atoms with Gasteiger partial charge >= 0.3 is 0 Å². The summed E-state index contributed by atoms with van der Waals surface area (Å²) in [5, 5.41) is 3.75. The summed E-state index contributed by atoms with van der Waals surface area (Å²) in [6.07, 6.45) is 1.68. The summed E-state index contributed by atoms with van der Waals surface area (Å²) >= 11 is 6.07. The average molecular weight is 269 g/mol. The van der Waals surface area contributed by atoms with Gasteiger partial charge in [0, 0.05) is 13.2 Å². The summed E-state index contributed by atoms with van der Waals surface area (Å²) in [4.78, 5) is 11.6. The number of carbonyl (C=O) groups is 1. The van der Waals surface area contributed by atoms with Gasteiger partial charge in [-0.2, -0.15) is 0 Å². The van der Waals surface area contributed by atoms with E-state index in [0.717, 1.165) is 18.5 Å². The van der Waals surface area contributed by atoms with E-state index in [1.54, 1.807) is 6.07 Å². The van der Waals surface area contributed by atoms with Gasteiger partial charge in [0.2, 0.25) is 5.91 Å². The first-order valence-corrected chi connectivity index (χ1v) is 6.44. The lowest BCUT2D eigenvalue weighted by Crippen LogP contribution is -2.43. The molecule has 98 valence electrons. The van der Waals surface area contributed by atoms with Crippen LogP contribution in [0.4, 0.5) is 5.69 Å². The lowest BCUT2D eigenvalue weighted by atomic mass is 9.91. The van der Waals surface area contributed by atoms with Crippen molar-refractivity contribution in [3.05, 3.63) is 29.3 Å². The minimum atomic E-state index is -0.395. The van der Waals surface area contributed by atoms with Gasteiger partial charge < -0.3 is 15.8 Å². The molecule has 5 heteroatoms. The smallest absolute Gasteiger partial charge is 0.240 e. The predicted octanol–water partition coefficient (Wildman–Crippen LogP) is 2.03. The Morgan fingerprint density at radius 3 is 2.67 bits per heavy atom. The highest BCUT2D eigenvalue weighted by Crippen LogP contribution is 2.26. The quantitative estimate of drug-likeness (QED) is 0.878. The van der Waals surface area contributed by atoms with Gasteiger partial charge in [0.25, 0.3) is 0 Å². The van der Waals surface area contributed by atoms with Crippen LogP contribution >= 0.6 is 11.6 Å². The maximum atomic E-state index is 11.6. The molecule has 18 heavy (non-hydrogen) atoms. The minimum absolute atomic E-state index is 0.201. The third kappa shape index (κ3) is 3.15. The van der Waals surface area contributed by atoms with Gasteiger partial charge in [-0.3, -0.25) is 4.79 Å². The number of rotatable bonds is 4. The minimum Gasteiger partial charge on any atom is -0.381 e. The number of nitrogens with one attached hydrogen (secondary N) is 1.